The molecule has 0 spiro atoms. The van der Waals surface area contributed by atoms with Gasteiger partial charge in [-0.25, -0.2) is 5.11 Å². The van der Waals surface area contributed by atoms with Gasteiger partial charge in [0.25, 0.3) is 0 Å². The van der Waals surface area contributed by atoms with Crippen LogP contribution < -0.4 is 0 Å². The molecule has 0 N–H and O–H groups in total. The fourth-order valence-corrected chi connectivity index (χ4v) is 0.821. The minimum absolute atomic E-state index is 0.155. The molecule has 0 aromatic heterocycles. The molecule has 0 aliphatic rings. The number of hydrogen-bond acceptors (Lipinski definition) is 0. The molecule has 0 amide bonds. The van der Waals surface area contributed by atoms with Gasteiger partial charge in [0.1, 0.15) is 6.10 Å². The Hall–Kier alpha value is 0.250. The third kappa shape index (κ3) is 2.53. The molecule has 1 radical (unpaired) electrons. The second-order valence-electron chi connectivity index (χ2n) is 2.39. The Bertz CT molecular complexity index is 53.5. The highest BCUT2D eigenvalue weighted by molar-refractivity contribution is 6.20. The van der Waals surface area contributed by atoms with Gasteiger partial charge in [0.2, 0.25) is 0 Å². The molecular formula is C6H12ClO. The van der Waals surface area contributed by atoms with Gasteiger partial charge >= 0.3 is 0 Å². The SMILES string of the molecule is CC(C)C([O])C(C)Cl. The van der Waals surface area contributed by atoms with Gasteiger partial charge in [-0.2, -0.15) is 0 Å². The maximum atomic E-state index is 10.8. The van der Waals surface area contributed by atoms with Crippen LogP contribution in [-0.4, -0.2) is 11.5 Å². The van der Waals surface area contributed by atoms with Gasteiger partial charge < -0.3 is 0 Å². The third-order valence-electron chi connectivity index (χ3n) is 1.11. The first kappa shape index (κ1) is 8.25. The van der Waals surface area contributed by atoms with Crippen molar-refractivity contribution in [3.05, 3.63) is 0 Å². The van der Waals surface area contributed by atoms with Crippen LogP contribution in [0.15, 0.2) is 0 Å². The summed E-state index contributed by atoms with van der Waals surface area (Å²) in [5, 5.41) is 10.6. The van der Waals surface area contributed by atoms with E-state index < -0.39 is 6.10 Å². The van der Waals surface area contributed by atoms with E-state index in [1.54, 1.807) is 6.92 Å². The largest absolute Gasteiger partial charge is 0.231 e. The molecule has 2 unspecified atom stereocenters. The van der Waals surface area contributed by atoms with E-state index in [1.807, 2.05) is 13.8 Å². The van der Waals surface area contributed by atoms with E-state index >= 15 is 0 Å². The molecule has 1 nitrogen and oxygen atoms in total. The van der Waals surface area contributed by atoms with Crippen molar-refractivity contribution in [3.63, 3.8) is 0 Å². The monoisotopic (exact) mass is 135 g/mol. The van der Waals surface area contributed by atoms with Gasteiger partial charge in [0.15, 0.2) is 0 Å². The Kier molecular flexibility index (Phi) is 3.41. The lowest BCUT2D eigenvalue weighted by Crippen LogP contribution is -2.22. The van der Waals surface area contributed by atoms with Crippen LogP contribution in [0.5, 0.6) is 0 Å². The van der Waals surface area contributed by atoms with Crippen LogP contribution in [0, 0.1) is 5.92 Å². The molecule has 0 saturated heterocycles. The number of alkyl halides is 1. The van der Waals surface area contributed by atoms with Crippen LogP contribution in [0.25, 0.3) is 0 Å². The summed E-state index contributed by atoms with van der Waals surface area (Å²) in [5.74, 6) is 0.155. The van der Waals surface area contributed by atoms with Crippen LogP contribution in [-0.2, 0) is 5.11 Å². The minimum Gasteiger partial charge on any atom is -0.231 e. The lowest BCUT2D eigenvalue weighted by molar-refractivity contribution is 0.0497. The van der Waals surface area contributed by atoms with Gasteiger partial charge in [-0.1, -0.05) is 13.8 Å². The molecule has 0 fully saturated rings. The fourth-order valence-electron chi connectivity index (χ4n) is 0.530. The summed E-state index contributed by atoms with van der Waals surface area (Å²) in [6.45, 7) is 5.51. The Morgan fingerprint density at radius 3 is 1.62 bits per heavy atom. The van der Waals surface area contributed by atoms with Crippen LogP contribution in [0.4, 0.5) is 0 Å². The third-order valence-corrected chi connectivity index (χ3v) is 1.36. The van der Waals surface area contributed by atoms with E-state index in [1.165, 1.54) is 0 Å². The van der Waals surface area contributed by atoms with Crippen molar-refractivity contribution < 1.29 is 5.11 Å². The Morgan fingerprint density at radius 1 is 1.25 bits per heavy atom. The van der Waals surface area contributed by atoms with E-state index in [9.17, 15) is 5.11 Å². The highest BCUT2D eigenvalue weighted by atomic mass is 35.5. The van der Waals surface area contributed by atoms with E-state index in [0.717, 1.165) is 0 Å². The van der Waals surface area contributed by atoms with Gasteiger partial charge in [0.05, 0.1) is 5.38 Å². The van der Waals surface area contributed by atoms with E-state index in [4.69, 9.17) is 11.6 Å². The summed E-state index contributed by atoms with van der Waals surface area (Å²) >= 11 is 5.51. The lowest BCUT2D eigenvalue weighted by atomic mass is 10.1. The lowest BCUT2D eigenvalue weighted by Gasteiger charge is -2.12. The Balaban J connectivity index is 3.46. The molecule has 2 atom stereocenters. The number of rotatable bonds is 2. The standard InChI is InChI=1S/C6H12ClO/c1-4(2)6(8)5(3)7/h4-6H,1-3H3. The molecule has 0 rings (SSSR count). The van der Waals surface area contributed by atoms with Gasteiger partial charge in [-0.05, 0) is 12.8 Å². The van der Waals surface area contributed by atoms with Crippen molar-refractivity contribution in [2.45, 2.75) is 32.3 Å². The summed E-state index contributed by atoms with van der Waals surface area (Å²) in [5.41, 5.74) is 0. The molecule has 2 heteroatoms. The van der Waals surface area contributed by atoms with Crippen molar-refractivity contribution in [2.75, 3.05) is 0 Å². The smallest absolute Gasteiger partial charge is 0.111 e. The molecule has 8 heavy (non-hydrogen) atoms. The second kappa shape index (κ2) is 3.31. The van der Waals surface area contributed by atoms with Crippen molar-refractivity contribution >= 4 is 11.6 Å². The number of hydrogen-bond donors (Lipinski definition) is 0. The molecule has 0 aromatic rings. The maximum Gasteiger partial charge on any atom is 0.111 e. The van der Waals surface area contributed by atoms with Crippen LogP contribution in [0.2, 0.25) is 0 Å². The quantitative estimate of drug-likeness (QED) is 0.517. The summed E-state index contributed by atoms with van der Waals surface area (Å²) in [7, 11) is 0. The zero-order valence-electron chi connectivity index (χ0n) is 5.52. The van der Waals surface area contributed by atoms with Crippen molar-refractivity contribution in [3.8, 4) is 0 Å². The molecule has 0 aliphatic heterocycles. The summed E-state index contributed by atoms with van der Waals surface area (Å²) < 4.78 is 0. The van der Waals surface area contributed by atoms with E-state index in [2.05, 4.69) is 0 Å². The van der Waals surface area contributed by atoms with Crippen molar-refractivity contribution in [2.24, 2.45) is 5.92 Å². The first-order valence-corrected chi connectivity index (χ1v) is 3.29. The van der Waals surface area contributed by atoms with Crippen LogP contribution in [0.3, 0.4) is 0 Å². The molecule has 49 valence electrons. The Labute approximate surface area is 55.7 Å². The van der Waals surface area contributed by atoms with Crippen LogP contribution >= 0.6 is 11.6 Å². The summed E-state index contributed by atoms with van der Waals surface area (Å²) in [6.07, 6.45) is -0.614. The highest BCUT2D eigenvalue weighted by Crippen LogP contribution is 2.10. The summed E-state index contributed by atoms with van der Waals surface area (Å²) in [6, 6.07) is 0. The Morgan fingerprint density at radius 2 is 1.62 bits per heavy atom. The average Bonchev–Trinajstić information content (AvgIpc) is 1.64. The first-order valence-electron chi connectivity index (χ1n) is 2.85. The normalized spacial score (nSPS) is 18.8. The minimum atomic E-state index is -0.614. The first-order chi connectivity index (χ1) is 3.55. The zero-order valence-corrected chi connectivity index (χ0v) is 6.27. The average molecular weight is 136 g/mol. The molecule has 0 aromatic carbocycles. The fraction of sp³-hybridized carbons (Fsp3) is 1.00. The van der Waals surface area contributed by atoms with Gasteiger partial charge in [0, 0.05) is 0 Å². The zero-order chi connectivity index (χ0) is 6.73. The second-order valence-corrected chi connectivity index (χ2v) is 3.07. The van der Waals surface area contributed by atoms with Crippen molar-refractivity contribution in [1.82, 2.24) is 0 Å². The molecule has 0 saturated carbocycles. The van der Waals surface area contributed by atoms with Crippen LogP contribution in [0.1, 0.15) is 20.8 Å². The van der Waals surface area contributed by atoms with Crippen molar-refractivity contribution in [1.29, 1.82) is 0 Å². The molecule has 0 heterocycles. The number of halogens is 1. The van der Waals surface area contributed by atoms with E-state index in [-0.39, 0.29) is 11.3 Å². The predicted octanol–water partition coefficient (Wildman–Crippen LogP) is 2.07. The topological polar surface area (TPSA) is 19.9 Å². The summed E-state index contributed by atoms with van der Waals surface area (Å²) in [4.78, 5) is 0. The molecular weight excluding hydrogens is 124 g/mol. The molecule has 0 aliphatic carbocycles. The van der Waals surface area contributed by atoms with E-state index in [0.29, 0.717) is 0 Å². The molecule has 0 bridgehead atoms. The van der Waals surface area contributed by atoms with Gasteiger partial charge in [-0.15, -0.1) is 11.6 Å². The predicted molar refractivity (Wildman–Crippen MR) is 34.6 cm³/mol. The van der Waals surface area contributed by atoms with Gasteiger partial charge in [-0.3, -0.25) is 0 Å². The highest BCUT2D eigenvalue weighted by Gasteiger charge is 2.16. The maximum absolute atomic E-state index is 10.8.